The summed E-state index contributed by atoms with van der Waals surface area (Å²) in [6.45, 7) is -0.329. The molecule has 2 rings (SSSR count). The van der Waals surface area contributed by atoms with Crippen LogP contribution in [0.25, 0.3) is 0 Å². The second-order valence-corrected chi connectivity index (χ2v) is 3.65. The average Bonchev–Trinajstić information content (AvgIpc) is 2.40. The molecule has 0 aliphatic carbocycles. The number of halogens is 2. The fourth-order valence-corrected chi connectivity index (χ4v) is 1.45. The van der Waals surface area contributed by atoms with Gasteiger partial charge in [-0.05, 0) is 30.3 Å². The molecule has 0 heterocycles. The summed E-state index contributed by atoms with van der Waals surface area (Å²) in [5.74, 6) is -1.50. The van der Waals surface area contributed by atoms with E-state index >= 15 is 0 Å². The third-order valence-electron chi connectivity index (χ3n) is 2.34. The lowest BCUT2D eigenvalue weighted by Gasteiger charge is -2.06. The Morgan fingerprint density at radius 2 is 1.78 bits per heavy atom. The molecule has 0 aliphatic heterocycles. The van der Waals surface area contributed by atoms with Gasteiger partial charge in [-0.1, -0.05) is 18.2 Å². The number of Topliss-reactive ketones (excluding diaryl/α,β-unsaturated/α-hetero) is 1. The zero-order chi connectivity index (χ0) is 13.0. The van der Waals surface area contributed by atoms with Crippen LogP contribution in [0.3, 0.4) is 0 Å². The van der Waals surface area contributed by atoms with Crippen LogP contribution < -0.4 is 4.74 Å². The molecule has 0 aliphatic rings. The first-order chi connectivity index (χ1) is 8.66. The maximum atomic E-state index is 13.3. The minimum atomic E-state index is -0.752. The quantitative estimate of drug-likeness (QED) is 0.776. The highest BCUT2D eigenvalue weighted by atomic mass is 19.1. The molecule has 0 fully saturated rings. The van der Waals surface area contributed by atoms with Crippen LogP contribution in [0.2, 0.25) is 0 Å². The summed E-state index contributed by atoms with van der Waals surface area (Å²) < 4.78 is 31.4. The Kier molecular flexibility index (Phi) is 3.67. The van der Waals surface area contributed by atoms with Crippen LogP contribution in [0, 0.1) is 11.6 Å². The molecule has 2 nitrogen and oxygen atoms in total. The largest absolute Gasteiger partial charge is 0.485 e. The monoisotopic (exact) mass is 248 g/mol. The molecule has 0 amide bonds. The third-order valence-corrected chi connectivity index (χ3v) is 2.34. The molecule has 18 heavy (non-hydrogen) atoms. The van der Waals surface area contributed by atoms with Gasteiger partial charge in [0.1, 0.15) is 17.4 Å². The molecular weight excluding hydrogens is 238 g/mol. The van der Waals surface area contributed by atoms with E-state index in [9.17, 15) is 13.6 Å². The first-order valence-corrected chi connectivity index (χ1v) is 5.33. The van der Waals surface area contributed by atoms with Gasteiger partial charge in [0.15, 0.2) is 6.61 Å². The van der Waals surface area contributed by atoms with Gasteiger partial charge in [-0.15, -0.1) is 0 Å². The topological polar surface area (TPSA) is 26.3 Å². The maximum Gasteiger partial charge on any atom is 0.203 e. The summed E-state index contributed by atoms with van der Waals surface area (Å²) in [6, 6.07) is 11.4. The van der Waals surface area contributed by atoms with E-state index in [-0.39, 0.29) is 12.2 Å². The van der Waals surface area contributed by atoms with Crippen molar-refractivity contribution in [3.05, 3.63) is 65.7 Å². The zero-order valence-corrected chi connectivity index (χ0v) is 9.40. The van der Waals surface area contributed by atoms with Gasteiger partial charge in [0.05, 0.1) is 5.56 Å². The molecule has 0 atom stereocenters. The Hall–Kier alpha value is -2.23. The van der Waals surface area contributed by atoms with Crippen LogP contribution in [0.5, 0.6) is 5.75 Å². The maximum absolute atomic E-state index is 13.3. The lowest BCUT2D eigenvalue weighted by atomic mass is 10.1. The third kappa shape index (κ3) is 2.91. The van der Waals surface area contributed by atoms with Crippen molar-refractivity contribution >= 4 is 5.78 Å². The summed E-state index contributed by atoms with van der Waals surface area (Å²) >= 11 is 0. The lowest BCUT2D eigenvalue weighted by molar-refractivity contribution is 0.0917. The van der Waals surface area contributed by atoms with Crippen LogP contribution in [-0.4, -0.2) is 12.4 Å². The van der Waals surface area contributed by atoms with Crippen molar-refractivity contribution in [3.63, 3.8) is 0 Å². The first kappa shape index (κ1) is 12.2. The number of rotatable bonds is 4. The summed E-state index contributed by atoms with van der Waals surface area (Å²) in [5.41, 5.74) is -0.300. The summed E-state index contributed by atoms with van der Waals surface area (Å²) in [6.07, 6.45) is 0. The molecule has 0 saturated carbocycles. The zero-order valence-electron chi connectivity index (χ0n) is 9.40. The molecule has 2 aromatic rings. The van der Waals surface area contributed by atoms with Gasteiger partial charge in [-0.25, -0.2) is 8.78 Å². The second-order valence-electron chi connectivity index (χ2n) is 3.65. The number of carbonyl (C=O) groups is 1. The number of para-hydroxylation sites is 1. The van der Waals surface area contributed by atoms with Crippen LogP contribution in [0.4, 0.5) is 8.78 Å². The number of ketones is 1. The van der Waals surface area contributed by atoms with Crippen molar-refractivity contribution in [2.45, 2.75) is 0 Å². The van der Waals surface area contributed by atoms with E-state index in [0.29, 0.717) is 5.75 Å². The molecule has 0 spiro atoms. The summed E-state index contributed by atoms with van der Waals surface area (Å²) in [7, 11) is 0. The lowest BCUT2D eigenvalue weighted by Crippen LogP contribution is -2.13. The van der Waals surface area contributed by atoms with Crippen LogP contribution >= 0.6 is 0 Å². The number of carbonyl (C=O) groups excluding carboxylic acids is 1. The predicted octanol–water partition coefficient (Wildman–Crippen LogP) is 3.23. The van der Waals surface area contributed by atoms with E-state index in [0.717, 1.165) is 18.2 Å². The van der Waals surface area contributed by atoms with Crippen LogP contribution in [0.15, 0.2) is 48.5 Å². The first-order valence-electron chi connectivity index (χ1n) is 5.33. The molecule has 0 saturated heterocycles. The fourth-order valence-electron chi connectivity index (χ4n) is 1.45. The van der Waals surface area contributed by atoms with Gasteiger partial charge < -0.3 is 4.74 Å². The van der Waals surface area contributed by atoms with Crippen molar-refractivity contribution in [2.75, 3.05) is 6.61 Å². The smallest absolute Gasteiger partial charge is 0.203 e. The van der Waals surface area contributed by atoms with Gasteiger partial charge in [0, 0.05) is 0 Å². The van der Waals surface area contributed by atoms with Crippen LogP contribution in [0.1, 0.15) is 10.4 Å². The van der Waals surface area contributed by atoms with Crippen LogP contribution in [-0.2, 0) is 0 Å². The highest BCUT2D eigenvalue weighted by Crippen LogP contribution is 2.13. The number of hydrogen-bond donors (Lipinski definition) is 0. The van der Waals surface area contributed by atoms with E-state index in [2.05, 4.69) is 0 Å². The van der Waals surface area contributed by atoms with E-state index < -0.39 is 17.4 Å². The molecule has 0 aromatic heterocycles. The van der Waals surface area contributed by atoms with Gasteiger partial charge >= 0.3 is 0 Å². The predicted molar refractivity (Wildman–Crippen MR) is 62.6 cm³/mol. The van der Waals surface area contributed by atoms with E-state index in [1.807, 2.05) is 0 Å². The Bertz CT molecular complexity index is 553. The molecule has 0 bridgehead atoms. The number of benzene rings is 2. The minimum Gasteiger partial charge on any atom is -0.485 e. The Morgan fingerprint density at radius 3 is 2.50 bits per heavy atom. The van der Waals surface area contributed by atoms with Crippen molar-refractivity contribution in [3.8, 4) is 5.75 Å². The Labute approximate surface area is 103 Å². The number of hydrogen-bond acceptors (Lipinski definition) is 2. The van der Waals surface area contributed by atoms with E-state index in [1.165, 1.54) is 0 Å². The molecule has 0 radical (unpaired) electrons. The molecule has 0 N–H and O–H groups in total. The van der Waals surface area contributed by atoms with Crippen molar-refractivity contribution in [2.24, 2.45) is 0 Å². The molecule has 4 heteroatoms. The van der Waals surface area contributed by atoms with Gasteiger partial charge in [0.25, 0.3) is 0 Å². The standard InChI is InChI=1S/C14H10F2O2/c15-10-6-7-13(16)12(8-10)14(17)9-18-11-4-2-1-3-5-11/h1-8H,9H2. The van der Waals surface area contributed by atoms with E-state index in [1.54, 1.807) is 30.3 Å². The normalized spacial score (nSPS) is 10.1. The van der Waals surface area contributed by atoms with Gasteiger partial charge in [0.2, 0.25) is 5.78 Å². The highest BCUT2D eigenvalue weighted by molar-refractivity contribution is 5.97. The molecule has 0 unspecified atom stereocenters. The highest BCUT2D eigenvalue weighted by Gasteiger charge is 2.13. The summed E-state index contributed by atoms with van der Waals surface area (Å²) in [4.78, 5) is 11.7. The second kappa shape index (κ2) is 5.40. The molecular formula is C14H10F2O2. The Morgan fingerprint density at radius 1 is 1.06 bits per heavy atom. The average molecular weight is 248 g/mol. The van der Waals surface area contributed by atoms with Gasteiger partial charge in [-0.3, -0.25) is 4.79 Å². The molecule has 92 valence electrons. The van der Waals surface area contributed by atoms with E-state index in [4.69, 9.17) is 4.74 Å². The molecule has 2 aromatic carbocycles. The van der Waals surface area contributed by atoms with Crippen molar-refractivity contribution in [1.29, 1.82) is 0 Å². The number of ether oxygens (including phenoxy) is 1. The van der Waals surface area contributed by atoms with Crippen molar-refractivity contribution in [1.82, 2.24) is 0 Å². The Balaban J connectivity index is 2.06. The van der Waals surface area contributed by atoms with Crippen molar-refractivity contribution < 1.29 is 18.3 Å². The summed E-state index contributed by atoms with van der Waals surface area (Å²) in [5, 5.41) is 0. The fraction of sp³-hybridized carbons (Fsp3) is 0.0714. The minimum absolute atomic E-state index is 0.300. The van der Waals surface area contributed by atoms with Gasteiger partial charge in [-0.2, -0.15) is 0 Å². The SMILES string of the molecule is O=C(COc1ccccc1)c1cc(F)ccc1F.